The quantitative estimate of drug-likeness (QED) is 0.414. The van der Waals surface area contributed by atoms with Gasteiger partial charge in [0.1, 0.15) is 0 Å². The van der Waals surface area contributed by atoms with Gasteiger partial charge in [-0.25, -0.2) is 0 Å². The molecule has 0 unspecified atom stereocenters. The van der Waals surface area contributed by atoms with Gasteiger partial charge in [0.05, 0.1) is 5.75 Å². The maximum absolute atomic E-state index is 12.7. The normalized spacial score (nSPS) is 14.6. The van der Waals surface area contributed by atoms with Gasteiger partial charge in [-0.15, -0.1) is 10.2 Å². The van der Waals surface area contributed by atoms with Crippen LogP contribution in [0.15, 0.2) is 47.6 Å². The summed E-state index contributed by atoms with van der Waals surface area (Å²) in [7, 11) is 0. The summed E-state index contributed by atoms with van der Waals surface area (Å²) in [5, 5.41) is 12.9. The summed E-state index contributed by atoms with van der Waals surface area (Å²) in [5.74, 6) is 1.19. The summed E-state index contributed by atoms with van der Waals surface area (Å²) in [6.07, 6.45) is 4.71. The largest absolute Gasteiger partial charge is 0.325 e. The number of carbonyl (C=O) groups excluding carboxylic acids is 1. The topological polar surface area (TPSA) is 59.8 Å². The molecule has 3 aromatic rings. The number of anilines is 1. The average molecular weight is 463 g/mol. The summed E-state index contributed by atoms with van der Waals surface area (Å²) < 4.78 is 2.27. The van der Waals surface area contributed by atoms with Crippen molar-refractivity contribution in [1.82, 2.24) is 14.8 Å². The summed E-state index contributed by atoms with van der Waals surface area (Å²) >= 11 is 1.47. The predicted octanol–water partition coefficient (Wildman–Crippen LogP) is 6.71. The third-order valence-corrected chi connectivity index (χ3v) is 7.29. The molecule has 4 rings (SSSR count). The Bertz CT molecular complexity index is 1120. The first-order valence-electron chi connectivity index (χ1n) is 11.8. The van der Waals surface area contributed by atoms with Crippen LogP contribution >= 0.6 is 11.8 Å². The Morgan fingerprint density at radius 2 is 1.76 bits per heavy atom. The monoisotopic (exact) mass is 462 g/mol. The molecule has 1 saturated carbocycles. The standard InChI is InChI=1S/C27H34N4OS/c1-18-10-15-23(19(2)16-18)28-24(32)17-33-26-30-29-25(31(26)22-8-6-7-9-22)20-11-13-21(14-12-20)27(3,4)5/h10-16,22H,6-9,17H2,1-5H3,(H,28,32). The van der Waals surface area contributed by atoms with Gasteiger partial charge >= 0.3 is 0 Å². The summed E-state index contributed by atoms with van der Waals surface area (Å²) in [6.45, 7) is 10.7. The zero-order valence-electron chi connectivity index (χ0n) is 20.3. The number of aromatic nitrogens is 3. The Morgan fingerprint density at radius 3 is 2.39 bits per heavy atom. The number of thioether (sulfide) groups is 1. The molecule has 1 heterocycles. The van der Waals surface area contributed by atoms with E-state index in [1.54, 1.807) is 0 Å². The lowest BCUT2D eigenvalue weighted by Crippen LogP contribution is -2.16. The van der Waals surface area contributed by atoms with E-state index in [4.69, 9.17) is 0 Å². The van der Waals surface area contributed by atoms with Crippen LogP contribution in [0.5, 0.6) is 0 Å². The van der Waals surface area contributed by atoms with Crippen molar-refractivity contribution in [2.45, 2.75) is 76.9 Å². The molecule has 1 N–H and O–H groups in total. The molecule has 1 amide bonds. The Morgan fingerprint density at radius 1 is 1.06 bits per heavy atom. The minimum Gasteiger partial charge on any atom is -0.325 e. The molecule has 6 heteroatoms. The van der Waals surface area contributed by atoms with Crippen LogP contribution < -0.4 is 5.32 Å². The second-order valence-corrected chi connectivity index (χ2v) is 11.0. The summed E-state index contributed by atoms with van der Waals surface area (Å²) in [4.78, 5) is 12.7. The van der Waals surface area contributed by atoms with Gasteiger partial charge in [-0.1, -0.05) is 87.3 Å². The minimum absolute atomic E-state index is 0.0241. The summed E-state index contributed by atoms with van der Waals surface area (Å²) in [6, 6.07) is 15.1. The van der Waals surface area contributed by atoms with Crippen molar-refractivity contribution in [3.63, 3.8) is 0 Å². The minimum atomic E-state index is -0.0241. The van der Waals surface area contributed by atoms with Crippen molar-refractivity contribution in [1.29, 1.82) is 0 Å². The fraction of sp³-hybridized carbons (Fsp3) is 0.444. The lowest BCUT2D eigenvalue weighted by molar-refractivity contribution is -0.113. The lowest BCUT2D eigenvalue weighted by atomic mass is 9.86. The van der Waals surface area contributed by atoms with Crippen molar-refractivity contribution in [2.24, 2.45) is 0 Å². The van der Waals surface area contributed by atoms with Crippen LogP contribution in [0.3, 0.4) is 0 Å². The highest BCUT2D eigenvalue weighted by Crippen LogP contribution is 2.37. The first kappa shape index (κ1) is 23.6. The van der Waals surface area contributed by atoms with Crippen LogP contribution in [0.2, 0.25) is 0 Å². The maximum atomic E-state index is 12.7. The van der Waals surface area contributed by atoms with E-state index in [0.29, 0.717) is 11.8 Å². The Kier molecular flexibility index (Phi) is 6.94. The van der Waals surface area contributed by atoms with Gasteiger partial charge in [-0.05, 0) is 49.3 Å². The molecule has 0 spiro atoms. The molecule has 0 bridgehead atoms. The molecule has 1 fully saturated rings. The highest BCUT2D eigenvalue weighted by molar-refractivity contribution is 7.99. The maximum Gasteiger partial charge on any atom is 0.234 e. The van der Waals surface area contributed by atoms with Gasteiger partial charge in [0.2, 0.25) is 5.91 Å². The number of hydrogen-bond donors (Lipinski definition) is 1. The van der Waals surface area contributed by atoms with Crippen LogP contribution in [0.25, 0.3) is 11.4 Å². The second-order valence-electron chi connectivity index (χ2n) is 10.1. The molecular weight excluding hydrogens is 428 g/mol. The van der Waals surface area contributed by atoms with Gasteiger partial charge in [0.25, 0.3) is 0 Å². The first-order valence-corrected chi connectivity index (χ1v) is 12.8. The van der Waals surface area contributed by atoms with Crippen LogP contribution in [0.4, 0.5) is 5.69 Å². The number of carbonyl (C=O) groups is 1. The van der Waals surface area contributed by atoms with Crippen molar-refractivity contribution in [3.8, 4) is 11.4 Å². The molecule has 1 aliphatic carbocycles. The zero-order valence-corrected chi connectivity index (χ0v) is 21.1. The van der Waals surface area contributed by atoms with Gasteiger partial charge in [0, 0.05) is 17.3 Å². The smallest absolute Gasteiger partial charge is 0.234 e. The Hall–Kier alpha value is -2.60. The second kappa shape index (κ2) is 9.72. The molecule has 5 nitrogen and oxygen atoms in total. The van der Waals surface area contributed by atoms with E-state index < -0.39 is 0 Å². The van der Waals surface area contributed by atoms with Crippen LogP contribution in [0, 0.1) is 13.8 Å². The molecule has 0 atom stereocenters. The number of hydrogen-bond acceptors (Lipinski definition) is 4. The molecule has 33 heavy (non-hydrogen) atoms. The highest BCUT2D eigenvalue weighted by atomic mass is 32.2. The Balaban J connectivity index is 1.53. The average Bonchev–Trinajstić information content (AvgIpc) is 3.43. The molecular formula is C27H34N4OS. The SMILES string of the molecule is Cc1ccc(NC(=O)CSc2nnc(-c3ccc(C(C)(C)C)cc3)n2C2CCCC2)c(C)c1. The van der Waals surface area contributed by atoms with Gasteiger partial charge < -0.3 is 5.32 Å². The van der Waals surface area contributed by atoms with Crippen LogP contribution in [-0.2, 0) is 10.2 Å². The molecule has 0 radical (unpaired) electrons. The van der Waals surface area contributed by atoms with E-state index in [2.05, 4.69) is 78.1 Å². The molecule has 0 saturated heterocycles. The van der Waals surface area contributed by atoms with Crippen molar-refractivity contribution < 1.29 is 4.79 Å². The van der Waals surface area contributed by atoms with Crippen LogP contribution in [0.1, 0.15) is 69.2 Å². The Labute approximate surface area is 201 Å². The van der Waals surface area contributed by atoms with E-state index in [-0.39, 0.29) is 11.3 Å². The molecule has 2 aromatic carbocycles. The van der Waals surface area contributed by atoms with E-state index in [0.717, 1.165) is 40.6 Å². The van der Waals surface area contributed by atoms with Crippen molar-refractivity contribution in [3.05, 3.63) is 59.2 Å². The fourth-order valence-electron chi connectivity index (χ4n) is 4.45. The van der Waals surface area contributed by atoms with Gasteiger partial charge in [0.15, 0.2) is 11.0 Å². The van der Waals surface area contributed by atoms with Crippen molar-refractivity contribution >= 4 is 23.4 Å². The van der Waals surface area contributed by atoms with E-state index in [1.807, 2.05) is 19.1 Å². The number of nitrogens with zero attached hydrogens (tertiary/aromatic N) is 3. The lowest BCUT2D eigenvalue weighted by Gasteiger charge is -2.20. The fourth-order valence-corrected chi connectivity index (χ4v) is 5.26. The molecule has 174 valence electrons. The summed E-state index contributed by atoms with van der Waals surface area (Å²) in [5.41, 5.74) is 5.62. The number of aryl methyl sites for hydroxylation is 2. The van der Waals surface area contributed by atoms with E-state index in [1.165, 1.54) is 35.7 Å². The van der Waals surface area contributed by atoms with E-state index in [9.17, 15) is 4.79 Å². The highest BCUT2D eigenvalue weighted by Gasteiger charge is 2.25. The predicted molar refractivity (Wildman–Crippen MR) is 137 cm³/mol. The van der Waals surface area contributed by atoms with Crippen LogP contribution in [-0.4, -0.2) is 26.4 Å². The van der Waals surface area contributed by atoms with Gasteiger partial charge in [-0.3, -0.25) is 9.36 Å². The molecule has 1 aliphatic rings. The number of amides is 1. The van der Waals surface area contributed by atoms with E-state index >= 15 is 0 Å². The van der Waals surface area contributed by atoms with Crippen molar-refractivity contribution in [2.75, 3.05) is 11.1 Å². The number of rotatable bonds is 6. The number of nitrogens with one attached hydrogen (secondary N) is 1. The van der Waals surface area contributed by atoms with Gasteiger partial charge in [-0.2, -0.15) is 0 Å². The molecule has 0 aliphatic heterocycles. The molecule has 1 aromatic heterocycles. The third-order valence-electron chi connectivity index (χ3n) is 6.35. The first-order chi connectivity index (χ1) is 15.7. The zero-order chi connectivity index (χ0) is 23.6. The third kappa shape index (κ3) is 5.49. The number of benzene rings is 2.